The number of rotatable bonds is 6. The van der Waals surface area contributed by atoms with Crippen LogP contribution < -0.4 is 5.73 Å². The minimum Gasteiger partial charge on any atom is -0.383 e. The number of ether oxygens (including phenoxy) is 1. The minimum absolute atomic E-state index is 0. The van der Waals surface area contributed by atoms with Crippen molar-refractivity contribution < 1.29 is 13.9 Å². The van der Waals surface area contributed by atoms with E-state index in [4.69, 9.17) is 10.5 Å². The van der Waals surface area contributed by atoms with E-state index in [1.807, 2.05) is 33.9 Å². The van der Waals surface area contributed by atoms with Crippen molar-refractivity contribution in [2.45, 2.75) is 31.8 Å². The summed E-state index contributed by atoms with van der Waals surface area (Å²) in [6.45, 7) is 2.77. The fraction of sp³-hybridized carbons (Fsp3) is 0.391. The fourth-order valence-electron chi connectivity index (χ4n) is 4.25. The number of piperidine rings is 1. The van der Waals surface area contributed by atoms with Gasteiger partial charge in [0.15, 0.2) is 0 Å². The fourth-order valence-corrected chi connectivity index (χ4v) is 4.25. The second-order valence-electron chi connectivity index (χ2n) is 7.73. The number of halogens is 3. The van der Waals surface area contributed by atoms with E-state index in [1.165, 1.54) is 6.07 Å². The van der Waals surface area contributed by atoms with Crippen molar-refractivity contribution in [3.8, 4) is 0 Å². The van der Waals surface area contributed by atoms with Gasteiger partial charge in [-0.15, -0.1) is 24.8 Å². The quantitative estimate of drug-likeness (QED) is 0.572. The van der Waals surface area contributed by atoms with E-state index in [1.54, 1.807) is 19.4 Å². The molecular formula is C23H29Cl2FN4O2. The molecule has 1 saturated heterocycles. The first-order valence-electron chi connectivity index (χ1n) is 10.3. The molecule has 0 bridgehead atoms. The molecule has 4 rings (SSSR count). The maximum absolute atomic E-state index is 14.3. The average Bonchev–Trinajstić information content (AvgIpc) is 3.16. The highest BCUT2D eigenvalue weighted by molar-refractivity contribution is 6.06. The van der Waals surface area contributed by atoms with Gasteiger partial charge >= 0.3 is 0 Å². The summed E-state index contributed by atoms with van der Waals surface area (Å²) in [5.74, 6) is -0.0895. The molecule has 0 aliphatic carbocycles. The number of benzene rings is 1. The van der Waals surface area contributed by atoms with Crippen LogP contribution in [0, 0.1) is 5.82 Å². The van der Waals surface area contributed by atoms with E-state index in [9.17, 15) is 9.18 Å². The van der Waals surface area contributed by atoms with Crippen LogP contribution >= 0.6 is 24.8 Å². The summed E-state index contributed by atoms with van der Waals surface area (Å²) in [4.78, 5) is 19.6. The first-order valence-corrected chi connectivity index (χ1v) is 10.3. The smallest absolute Gasteiger partial charge is 0.256 e. The number of pyridine rings is 1. The monoisotopic (exact) mass is 482 g/mol. The molecule has 1 aliphatic heterocycles. The van der Waals surface area contributed by atoms with Crippen LogP contribution in [0.15, 0.2) is 42.7 Å². The lowest BCUT2D eigenvalue weighted by Gasteiger charge is -2.32. The van der Waals surface area contributed by atoms with Gasteiger partial charge in [-0.1, -0.05) is 12.1 Å². The van der Waals surface area contributed by atoms with Gasteiger partial charge in [0.05, 0.1) is 12.2 Å². The largest absolute Gasteiger partial charge is 0.383 e. The van der Waals surface area contributed by atoms with Crippen LogP contribution in [-0.2, 0) is 17.8 Å². The molecule has 3 aromatic rings. The molecule has 0 spiro atoms. The van der Waals surface area contributed by atoms with Crippen LogP contribution in [0.4, 0.5) is 4.39 Å². The lowest BCUT2D eigenvalue weighted by Crippen LogP contribution is -2.38. The first-order chi connectivity index (χ1) is 14.6. The second-order valence-corrected chi connectivity index (χ2v) is 7.73. The van der Waals surface area contributed by atoms with Crippen LogP contribution in [-0.4, -0.2) is 47.2 Å². The predicted octanol–water partition coefficient (Wildman–Crippen LogP) is 4.14. The Balaban J connectivity index is 0.00000181. The van der Waals surface area contributed by atoms with Gasteiger partial charge in [-0.3, -0.25) is 4.79 Å². The number of amides is 1. The summed E-state index contributed by atoms with van der Waals surface area (Å²) < 4.78 is 21.5. The second kappa shape index (κ2) is 11.6. The molecule has 0 unspecified atom stereocenters. The third kappa shape index (κ3) is 5.23. The van der Waals surface area contributed by atoms with Crippen LogP contribution in [0.25, 0.3) is 11.0 Å². The van der Waals surface area contributed by atoms with Crippen molar-refractivity contribution >= 4 is 41.8 Å². The highest BCUT2D eigenvalue weighted by Gasteiger charge is 2.28. The number of fused-ring (bicyclic) bond motifs is 1. The van der Waals surface area contributed by atoms with E-state index >= 15 is 0 Å². The zero-order valence-corrected chi connectivity index (χ0v) is 19.6. The van der Waals surface area contributed by atoms with Gasteiger partial charge in [-0.25, -0.2) is 9.37 Å². The molecule has 2 aromatic heterocycles. The van der Waals surface area contributed by atoms with Crippen molar-refractivity contribution in [2.75, 3.05) is 26.8 Å². The van der Waals surface area contributed by atoms with Crippen molar-refractivity contribution in [3.05, 3.63) is 65.2 Å². The summed E-state index contributed by atoms with van der Waals surface area (Å²) in [5, 5.41) is 0.849. The first kappa shape index (κ1) is 26.1. The maximum atomic E-state index is 14.3. The van der Waals surface area contributed by atoms with E-state index < -0.39 is 0 Å². The summed E-state index contributed by atoms with van der Waals surface area (Å²) in [7, 11) is 1.65. The maximum Gasteiger partial charge on any atom is 0.256 e. The number of hydrogen-bond donors (Lipinski definition) is 1. The van der Waals surface area contributed by atoms with E-state index in [2.05, 4.69) is 4.98 Å². The minimum atomic E-state index is -0.190. The normalized spacial score (nSPS) is 14.2. The van der Waals surface area contributed by atoms with E-state index in [0.29, 0.717) is 43.9 Å². The van der Waals surface area contributed by atoms with Crippen molar-refractivity contribution in [1.29, 1.82) is 0 Å². The third-order valence-electron chi connectivity index (χ3n) is 5.92. The van der Waals surface area contributed by atoms with Crippen LogP contribution in [0.3, 0.4) is 0 Å². The number of carbonyl (C=O) groups is 1. The molecule has 32 heavy (non-hydrogen) atoms. The van der Waals surface area contributed by atoms with E-state index in [-0.39, 0.29) is 42.5 Å². The van der Waals surface area contributed by atoms with Gasteiger partial charge in [0.1, 0.15) is 11.5 Å². The Labute approximate surface area is 199 Å². The van der Waals surface area contributed by atoms with Crippen LogP contribution in [0.5, 0.6) is 0 Å². The molecule has 1 fully saturated rings. The number of carbonyl (C=O) groups excluding carboxylic acids is 1. The molecule has 0 saturated carbocycles. The molecule has 0 atom stereocenters. The Morgan fingerprint density at radius 3 is 2.69 bits per heavy atom. The van der Waals surface area contributed by atoms with Gasteiger partial charge in [0.25, 0.3) is 5.91 Å². The highest BCUT2D eigenvalue weighted by atomic mass is 35.5. The van der Waals surface area contributed by atoms with Crippen molar-refractivity contribution in [3.63, 3.8) is 0 Å². The molecule has 1 amide bonds. The Hall–Kier alpha value is -2.19. The van der Waals surface area contributed by atoms with Gasteiger partial charge < -0.3 is 19.9 Å². The number of aromatic nitrogens is 2. The van der Waals surface area contributed by atoms with Gasteiger partial charge in [-0.05, 0) is 48.1 Å². The van der Waals surface area contributed by atoms with Gasteiger partial charge in [-0.2, -0.15) is 0 Å². The number of nitrogens with zero attached hydrogens (tertiary/aromatic N) is 3. The predicted molar refractivity (Wildman–Crippen MR) is 128 cm³/mol. The number of nitrogens with two attached hydrogens (primary N) is 1. The Morgan fingerprint density at radius 1 is 1.25 bits per heavy atom. The molecule has 1 aromatic carbocycles. The number of methoxy groups -OCH3 is 1. The Bertz CT molecular complexity index is 1050. The average molecular weight is 483 g/mol. The molecule has 0 radical (unpaired) electrons. The number of likely N-dealkylation sites (tertiary alicyclic amines) is 1. The topological polar surface area (TPSA) is 73.4 Å². The van der Waals surface area contributed by atoms with Crippen LogP contribution in [0.2, 0.25) is 0 Å². The number of hydrogen-bond acceptors (Lipinski definition) is 4. The molecule has 1 aliphatic rings. The zero-order valence-electron chi connectivity index (χ0n) is 18.0. The summed E-state index contributed by atoms with van der Waals surface area (Å²) in [6, 6.07) is 8.87. The molecule has 9 heteroatoms. The summed E-state index contributed by atoms with van der Waals surface area (Å²) >= 11 is 0. The zero-order chi connectivity index (χ0) is 21.1. The van der Waals surface area contributed by atoms with Crippen molar-refractivity contribution in [1.82, 2.24) is 14.5 Å². The summed E-state index contributed by atoms with van der Waals surface area (Å²) in [5.41, 5.74) is 8.80. The van der Waals surface area contributed by atoms with Crippen LogP contribution in [0.1, 0.15) is 40.2 Å². The van der Waals surface area contributed by atoms with Gasteiger partial charge in [0.2, 0.25) is 0 Å². The summed E-state index contributed by atoms with van der Waals surface area (Å²) in [6.07, 6.45) is 5.07. The molecule has 6 nitrogen and oxygen atoms in total. The van der Waals surface area contributed by atoms with Crippen molar-refractivity contribution in [2.24, 2.45) is 5.73 Å². The Kier molecular flexibility index (Phi) is 9.46. The SMILES string of the molecule is COCCn1cc(C(=O)N2CCC(c3cc(CN)ccc3F)CC2)c2cccnc21.Cl.Cl. The van der Waals surface area contributed by atoms with E-state index in [0.717, 1.165) is 29.4 Å². The molecule has 174 valence electrons. The lowest BCUT2D eigenvalue weighted by atomic mass is 9.88. The molecule has 3 heterocycles. The lowest BCUT2D eigenvalue weighted by molar-refractivity contribution is 0.0714. The molecular weight excluding hydrogens is 454 g/mol. The standard InChI is InChI=1S/C23H27FN4O2.2ClH/c1-30-12-11-28-15-20(18-3-2-8-26-22(18)28)23(29)27-9-6-17(7-10-27)19-13-16(14-25)4-5-21(19)24;;/h2-5,8,13,15,17H,6-7,9-12,14,25H2,1H3;2*1H. The van der Waals surface area contributed by atoms with Gasteiger partial charge in [0, 0.05) is 51.1 Å². The molecule has 2 N–H and O–H groups in total. The highest BCUT2D eigenvalue weighted by Crippen LogP contribution is 2.32. The Morgan fingerprint density at radius 2 is 2.00 bits per heavy atom. The third-order valence-corrected chi connectivity index (χ3v) is 5.92.